The van der Waals surface area contributed by atoms with Gasteiger partial charge in [0.1, 0.15) is 23.0 Å². The van der Waals surface area contributed by atoms with Crippen molar-refractivity contribution in [2.75, 3.05) is 28.4 Å². The normalized spacial score (nSPS) is 13.2. The molecule has 0 N–H and O–H groups in total. The number of carbonyl (C=O) groups excluding carboxylic acids is 4. The Morgan fingerprint density at radius 1 is 0.222 bits per heavy atom. The van der Waals surface area contributed by atoms with Crippen molar-refractivity contribution < 1.29 is 38.1 Å². The maximum atomic E-state index is 11.9. The van der Waals surface area contributed by atoms with Crippen molar-refractivity contribution in [3.63, 3.8) is 0 Å². The van der Waals surface area contributed by atoms with Gasteiger partial charge in [-0.2, -0.15) is 0 Å². The van der Waals surface area contributed by atoms with Crippen molar-refractivity contribution in [2.45, 2.75) is 0 Å². The number of ketones is 4. The van der Waals surface area contributed by atoms with Crippen LogP contribution in [0.5, 0.6) is 23.0 Å². The molecule has 8 aromatic carbocycles. The van der Waals surface area contributed by atoms with E-state index in [0.717, 1.165) is 112 Å². The van der Waals surface area contributed by atoms with E-state index < -0.39 is 0 Å². The van der Waals surface area contributed by atoms with Crippen LogP contribution in [0.25, 0.3) is 22.3 Å². The Bertz CT molecular complexity index is 3010. The summed E-state index contributed by atoms with van der Waals surface area (Å²) in [6, 6.07) is 61.8. The lowest BCUT2D eigenvalue weighted by atomic mass is 9.99. The van der Waals surface area contributed by atoms with Crippen LogP contribution in [0.4, 0.5) is 0 Å². The van der Waals surface area contributed by atoms with Gasteiger partial charge in [0, 0.05) is 22.3 Å². The van der Waals surface area contributed by atoms with Crippen molar-refractivity contribution in [2.24, 2.45) is 0 Å². The molecule has 0 unspecified atom stereocenters. The van der Waals surface area contributed by atoms with Crippen molar-refractivity contribution in [1.29, 1.82) is 0 Å². The fourth-order valence-corrected chi connectivity index (χ4v) is 8.92. The Morgan fingerprint density at radius 3 is 0.556 bits per heavy atom. The number of hydrogen-bond donors (Lipinski definition) is 0. The zero-order valence-electron chi connectivity index (χ0n) is 40.1. The molecule has 0 saturated heterocycles. The van der Waals surface area contributed by atoms with E-state index in [2.05, 4.69) is 0 Å². The van der Waals surface area contributed by atoms with Crippen LogP contribution in [0.3, 0.4) is 0 Å². The summed E-state index contributed by atoms with van der Waals surface area (Å²) in [4.78, 5) is 47.5. The maximum Gasteiger partial charge on any atom is 0.187 e. The molecule has 0 aromatic heterocycles. The van der Waals surface area contributed by atoms with Gasteiger partial charge in [-0.05, 0) is 140 Å². The fourth-order valence-electron chi connectivity index (χ4n) is 8.92. The minimum Gasteiger partial charge on any atom is -0.497 e. The molecule has 0 aliphatic heterocycles. The summed E-state index contributed by atoms with van der Waals surface area (Å²) in [5, 5.41) is 0. The average Bonchev–Trinajstić information content (AvgIpc) is 4.19. The van der Waals surface area contributed by atoms with Gasteiger partial charge in [-0.25, -0.2) is 0 Å². The van der Waals surface area contributed by atoms with Gasteiger partial charge in [-0.15, -0.1) is 0 Å². The zero-order chi connectivity index (χ0) is 50.1. The summed E-state index contributed by atoms with van der Waals surface area (Å²) in [6.45, 7) is 0. The highest BCUT2D eigenvalue weighted by atomic mass is 16.5. The second-order valence-corrected chi connectivity index (χ2v) is 16.8. The predicted octanol–water partition coefficient (Wildman–Crippen LogP) is 13.3. The minimum absolute atomic E-state index is 0.0800. The third-order valence-electron chi connectivity index (χ3n) is 12.6. The standard InChI is InChI=1S/4C16H12O2/c4*1-18-12-8-6-11(7-9-12)15-10-16(17)14-5-3-2-4-13(14)15/h4*2-10H,1H3. The molecule has 0 bridgehead atoms. The van der Waals surface area contributed by atoms with Crippen LogP contribution in [0.1, 0.15) is 85.9 Å². The summed E-state index contributed by atoms with van der Waals surface area (Å²) < 4.78 is 20.5. The zero-order valence-corrected chi connectivity index (χ0v) is 40.1. The van der Waals surface area contributed by atoms with E-state index in [1.807, 2.05) is 194 Å². The van der Waals surface area contributed by atoms with Crippen LogP contribution in [-0.4, -0.2) is 51.6 Å². The first-order valence-corrected chi connectivity index (χ1v) is 23.2. The number of fused-ring (bicyclic) bond motifs is 4. The monoisotopic (exact) mass is 944 g/mol. The van der Waals surface area contributed by atoms with E-state index in [1.165, 1.54) is 0 Å². The molecule has 8 nitrogen and oxygen atoms in total. The molecular weight excluding hydrogens is 897 g/mol. The van der Waals surface area contributed by atoms with E-state index in [9.17, 15) is 19.2 Å². The van der Waals surface area contributed by atoms with Gasteiger partial charge < -0.3 is 18.9 Å². The van der Waals surface area contributed by atoms with Gasteiger partial charge in [-0.3, -0.25) is 19.2 Å². The second-order valence-electron chi connectivity index (χ2n) is 16.8. The van der Waals surface area contributed by atoms with Gasteiger partial charge in [0.2, 0.25) is 0 Å². The third kappa shape index (κ3) is 10.0. The first kappa shape index (κ1) is 47.7. The van der Waals surface area contributed by atoms with Crippen LogP contribution in [0.15, 0.2) is 218 Å². The number of hydrogen-bond acceptors (Lipinski definition) is 8. The number of ether oxygens (including phenoxy) is 4. The van der Waals surface area contributed by atoms with E-state index in [-0.39, 0.29) is 23.1 Å². The maximum absolute atomic E-state index is 11.9. The minimum atomic E-state index is 0.0800. The first-order valence-electron chi connectivity index (χ1n) is 23.2. The molecule has 4 aliphatic carbocycles. The molecule has 12 rings (SSSR count). The van der Waals surface area contributed by atoms with Crippen molar-refractivity contribution in [3.05, 3.63) is 285 Å². The second kappa shape index (κ2) is 21.5. The molecular formula is C64H48O8. The van der Waals surface area contributed by atoms with E-state index in [4.69, 9.17) is 18.9 Å². The number of methoxy groups -OCH3 is 4. The molecule has 0 heterocycles. The lowest BCUT2D eigenvalue weighted by Crippen LogP contribution is -1.90. The molecule has 8 aromatic rings. The summed E-state index contributed by atoms with van der Waals surface area (Å²) in [5.74, 6) is 3.59. The Balaban J connectivity index is 0.000000119. The Morgan fingerprint density at radius 2 is 0.389 bits per heavy atom. The quantitative estimate of drug-likeness (QED) is 0.148. The summed E-state index contributed by atoms with van der Waals surface area (Å²) in [7, 11) is 6.57. The molecule has 0 atom stereocenters. The lowest BCUT2D eigenvalue weighted by molar-refractivity contribution is 0.104. The lowest BCUT2D eigenvalue weighted by Gasteiger charge is -2.06. The summed E-state index contributed by atoms with van der Waals surface area (Å²) >= 11 is 0. The summed E-state index contributed by atoms with van der Waals surface area (Å²) in [6.07, 6.45) is 6.80. The first-order chi connectivity index (χ1) is 35.2. The topological polar surface area (TPSA) is 105 Å². The van der Waals surface area contributed by atoms with Crippen LogP contribution in [-0.2, 0) is 0 Å². The van der Waals surface area contributed by atoms with Crippen LogP contribution in [0.2, 0.25) is 0 Å². The highest BCUT2D eigenvalue weighted by molar-refractivity contribution is 6.21. The Labute approximate surface area is 418 Å². The molecule has 0 fully saturated rings. The van der Waals surface area contributed by atoms with Gasteiger partial charge in [0.15, 0.2) is 23.1 Å². The van der Waals surface area contributed by atoms with E-state index in [0.29, 0.717) is 0 Å². The van der Waals surface area contributed by atoms with Crippen molar-refractivity contribution >= 4 is 45.4 Å². The molecule has 0 saturated carbocycles. The molecule has 72 heavy (non-hydrogen) atoms. The third-order valence-corrected chi connectivity index (χ3v) is 12.6. The number of carbonyl (C=O) groups is 4. The van der Waals surface area contributed by atoms with Crippen LogP contribution < -0.4 is 18.9 Å². The average molecular weight is 945 g/mol. The molecule has 352 valence electrons. The van der Waals surface area contributed by atoms with Gasteiger partial charge in [0.05, 0.1) is 28.4 Å². The highest BCUT2D eigenvalue weighted by Crippen LogP contribution is 2.37. The van der Waals surface area contributed by atoms with E-state index >= 15 is 0 Å². The molecule has 0 spiro atoms. The van der Waals surface area contributed by atoms with E-state index in [1.54, 1.807) is 52.7 Å². The summed E-state index contributed by atoms with van der Waals surface area (Å²) in [5.41, 5.74) is 15.2. The Kier molecular flexibility index (Phi) is 14.2. The largest absolute Gasteiger partial charge is 0.497 e. The van der Waals surface area contributed by atoms with Crippen molar-refractivity contribution in [3.8, 4) is 23.0 Å². The van der Waals surface area contributed by atoms with Crippen molar-refractivity contribution in [1.82, 2.24) is 0 Å². The van der Waals surface area contributed by atoms with Gasteiger partial charge in [-0.1, -0.05) is 146 Å². The molecule has 0 amide bonds. The number of allylic oxidation sites excluding steroid dienone is 4. The Hall–Kier alpha value is -9.40. The smallest absolute Gasteiger partial charge is 0.187 e. The molecule has 8 heteroatoms. The number of rotatable bonds is 8. The molecule has 0 radical (unpaired) electrons. The molecule has 4 aliphatic rings. The van der Waals surface area contributed by atoms with Gasteiger partial charge >= 0.3 is 0 Å². The van der Waals surface area contributed by atoms with Gasteiger partial charge in [0.25, 0.3) is 0 Å². The fraction of sp³-hybridized carbons (Fsp3) is 0.0625. The van der Waals surface area contributed by atoms with Crippen LogP contribution >= 0.6 is 0 Å². The highest BCUT2D eigenvalue weighted by Gasteiger charge is 2.24. The number of benzene rings is 8. The predicted molar refractivity (Wildman–Crippen MR) is 283 cm³/mol. The van der Waals surface area contributed by atoms with Crippen LogP contribution in [0, 0.1) is 0 Å². The SMILES string of the molecule is COc1ccc(C2=CC(=O)c3ccccc32)cc1.COc1ccc(C2=CC(=O)c3ccccc32)cc1.COc1ccc(C2=CC(=O)c3ccccc32)cc1.COc1ccc(C2=CC(=O)c3ccccc32)cc1.